The summed E-state index contributed by atoms with van der Waals surface area (Å²) in [5, 5.41) is 0. The van der Waals surface area contributed by atoms with E-state index < -0.39 is 12.5 Å². The zero-order valence-corrected chi connectivity index (χ0v) is 17.9. The van der Waals surface area contributed by atoms with Crippen LogP contribution in [0.3, 0.4) is 0 Å². The number of hydrogen-bond acceptors (Lipinski definition) is 1. The fraction of sp³-hybridized carbons (Fsp3) is 0.615. The molecular weight excluding hydrogens is 385 g/mol. The van der Waals surface area contributed by atoms with Crippen LogP contribution in [0.1, 0.15) is 81.8 Å². The first-order valence-corrected chi connectivity index (χ1v) is 11.4. The van der Waals surface area contributed by atoms with Gasteiger partial charge in [0.25, 0.3) is 0 Å². The molecule has 0 aromatic heterocycles. The molecule has 2 aliphatic rings. The molecule has 0 N–H and O–H groups in total. The number of hydrogen-bond donors (Lipinski definition) is 0. The molecule has 0 spiro atoms. The van der Waals surface area contributed by atoms with Gasteiger partial charge in [0.15, 0.2) is 0 Å². The van der Waals surface area contributed by atoms with Crippen molar-refractivity contribution in [2.24, 2.45) is 17.8 Å². The Morgan fingerprint density at radius 1 is 1.03 bits per heavy atom. The maximum Gasteiger partial charge on any atom is 0.522 e. The Morgan fingerprint density at radius 2 is 1.67 bits per heavy atom. The van der Waals surface area contributed by atoms with Gasteiger partial charge in [0.05, 0.1) is 6.10 Å². The average molecular weight is 419 g/mol. The number of benzene rings is 1. The summed E-state index contributed by atoms with van der Waals surface area (Å²) in [7, 11) is 0. The van der Waals surface area contributed by atoms with Gasteiger partial charge in [0, 0.05) is 11.5 Å². The second-order valence-corrected chi connectivity index (χ2v) is 8.85. The zero-order chi connectivity index (χ0) is 21.6. The molecule has 1 atom stereocenters. The van der Waals surface area contributed by atoms with Gasteiger partial charge < -0.3 is 0 Å². The van der Waals surface area contributed by atoms with E-state index in [-0.39, 0.29) is 5.92 Å². The van der Waals surface area contributed by atoms with Crippen molar-refractivity contribution in [2.45, 2.75) is 83.1 Å². The molecule has 164 valence electrons. The molecule has 30 heavy (non-hydrogen) atoms. The van der Waals surface area contributed by atoms with Crippen molar-refractivity contribution in [2.75, 3.05) is 0 Å². The minimum atomic E-state index is -4.53. The fourth-order valence-electron chi connectivity index (χ4n) is 5.11. The summed E-state index contributed by atoms with van der Waals surface area (Å²) >= 11 is 0. The van der Waals surface area contributed by atoms with E-state index in [0.29, 0.717) is 37.5 Å². The van der Waals surface area contributed by atoms with E-state index in [1.54, 1.807) is 0 Å². The van der Waals surface area contributed by atoms with E-state index in [1.807, 2.05) is 0 Å². The highest BCUT2D eigenvalue weighted by atomic mass is 19.4. The summed E-state index contributed by atoms with van der Waals surface area (Å²) in [5.74, 6) is 8.70. The van der Waals surface area contributed by atoms with Crippen LogP contribution in [0.4, 0.5) is 13.2 Å². The monoisotopic (exact) mass is 418 g/mol. The summed E-state index contributed by atoms with van der Waals surface area (Å²) in [6, 6.07) is 8.58. The molecule has 4 heteroatoms. The number of alkyl halides is 3. The molecule has 1 unspecified atom stereocenters. The Balaban J connectivity index is 1.48. The van der Waals surface area contributed by atoms with Crippen molar-refractivity contribution in [3.63, 3.8) is 0 Å². The van der Waals surface area contributed by atoms with Crippen molar-refractivity contribution in [1.82, 2.24) is 0 Å². The van der Waals surface area contributed by atoms with Gasteiger partial charge in [-0.25, -0.2) is 0 Å². The normalized spacial score (nSPS) is 28.3. The third kappa shape index (κ3) is 6.64. The van der Waals surface area contributed by atoms with E-state index in [2.05, 4.69) is 60.4 Å². The predicted molar refractivity (Wildman–Crippen MR) is 115 cm³/mol. The molecule has 2 aliphatic carbocycles. The number of rotatable bonds is 5. The second-order valence-electron chi connectivity index (χ2n) is 8.85. The maximum atomic E-state index is 12.3. The molecule has 0 aliphatic heterocycles. The Labute approximate surface area is 179 Å². The first kappa shape index (κ1) is 22.9. The molecule has 0 bridgehead atoms. The summed E-state index contributed by atoms with van der Waals surface area (Å²) in [6.07, 6.45) is 5.27. The zero-order valence-electron chi connectivity index (χ0n) is 17.9. The third-order valence-electron chi connectivity index (χ3n) is 6.93. The van der Waals surface area contributed by atoms with Crippen molar-refractivity contribution in [1.29, 1.82) is 0 Å². The first-order valence-electron chi connectivity index (χ1n) is 11.4. The molecule has 2 saturated carbocycles. The Hall–Kier alpha value is -1.73. The molecular formula is C26H33F3O. The second kappa shape index (κ2) is 10.5. The molecule has 1 aromatic carbocycles. The van der Waals surface area contributed by atoms with Crippen LogP contribution in [-0.4, -0.2) is 12.5 Å². The van der Waals surface area contributed by atoms with Gasteiger partial charge in [-0.1, -0.05) is 37.0 Å². The quantitative estimate of drug-likeness (QED) is 0.353. The van der Waals surface area contributed by atoms with E-state index in [1.165, 1.54) is 37.7 Å². The van der Waals surface area contributed by atoms with Gasteiger partial charge in [0.1, 0.15) is 0 Å². The maximum absolute atomic E-state index is 12.3. The Morgan fingerprint density at radius 3 is 2.20 bits per heavy atom. The van der Waals surface area contributed by atoms with Crippen molar-refractivity contribution in [3.8, 4) is 11.8 Å². The lowest BCUT2D eigenvalue weighted by Crippen LogP contribution is -2.27. The highest BCUT2D eigenvalue weighted by Gasteiger charge is 2.35. The first-order chi connectivity index (χ1) is 14.4. The van der Waals surface area contributed by atoms with Gasteiger partial charge in [-0.15, -0.1) is 19.8 Å². The number of ether oxygens (including phenoxy) is 1. The van der Waals surface area contributed by atoms with Crippen LogP contribution in [-0.2, 0) is 4.74 Å². The van der Waals surface area contributed by atoms with Gasteiger partial charge in [-0.2, -0.15) is 0 Å². The van der Waals surface area contributed by atoms with E-state index in [4.69, 9.17) is 0 Å². The van der Waals surface area contributed by atoms with E-state index >= 15 is 0 Å². The van der Waals surface area contributed by atoms with Crippen LogP contribution in [0, 0.1) is 29.6 Å². The van der Waals surface area contributed by atoms with Gasteiger partial charge in [-0.05, 0) is 93.2 Å². The van der Waals surface area contributed by atoms with Crippen LogP contribution in [0.25, 0.3) is 0 Å². The average Bonchev–Trinajstić information content (AvgIpc) is 2.74. The van der Waals surface area contributed by atoms with Gasteiger partial charge in [0.2, 0.25) is 0 Å². The number of allylic oxidation sites excluding steroid dienone is 1. The smallest absolute Gasteiger partial charge is 0.289 e. The van der Waals surface area contributed by atoms with Crippen LogP contribution < -0.4 is 0 Å². The summed E-state index contributed by atoms with van der Waals surface area (Å²) in [6.45, 7) is 6.25. The van der Waals surface area contributed by atoms with Crippen LogP contribution in [0.15, 0.2) is 36.9 Å². The SMILES string of the molecule is C=CC(CC)C1CCC(c2ccc(C#CC3CCC(OC(F)(F)F)CC3)cc2)CC1. The van der Waals surface area contributed by atoms with Crippen molar-refractivity contribution >= 4 is 0 Å². The minimum Gasteiger partial charge on any atom is -0.289 e. The van der Waals surface area contributed by atoms with Crippen LogP contribution in [0.5, 0.6) is 0 Å². The summed E-state index contributed by atoms with van der Waals surface area (Å²) in [4.78, 5) is 0. The van der Waals surface area contributed by atoms with Crippen LogP contribution >= 0.6 is 0 Å². The number of halogens is 3. The molecule has 0 radical (unpaired) electrons. The largest absolute Gasteiger partial charge is 0.522 e. The molecule has 2 fully saturated rings. The lowest BCUT2D eigenvalue weighted by atomic mass is 9.73. The highest BCUT2D eigenvalue weighted by Crippen LogP contribution is 2.40. The van der Waals surface area contributed by atoms with Crippen LogP contribution in [0.2, 0.25) is 0 Å². The van der Waals surface area contributed by atoms with Gasteiger partial charge in [-0.3, -0.25) is 4.74 Å². The topological polar surface area (TPSA) is 9.23 Å². The van der Waals surface area contributed by atoms with Crippen molar-refractivity contribution < 1.29 is 17.9 Å². The lowest BCUT2D eigenvalue weighted by molar-refractivity contribution is -0.345. The Bertz CT molecular complexity index is 724. The molecule has 1 nitrogen and oxygen atoms in total. The molecule has 0 amide bonds. The third-order valence-corrected chi connectivity index (χ3v) is 6.93. The highest BCUT2D eigenvalue weighted by molar-refractivity contribution is 5.37. The van der Waals surface area contributed by atoms with E-state index in [9.17, 15) is 13.2 Å². The summed E-state index contributed by atoms with van der Waals surface area (Å²) < 4.78 is 41.1. The Kier molecular flexibility index (Phi) is 8.06. The van der Waals surface area contributed by atoms with Crippen molar-refractivity contribution in [3.05, 3.63) is 48.0 Å². The fourth-order valence-corrected chi connectivity index (χ4v) is 5.11. The molecule has 3 rings (SSSR count). The molecule has 1 aromatic rings. The molecule has 0 saturated heterocycles. The predicted octanol–water partition coefficient (Wildman–Crippen LogP) is 7.62. The standard InChI is InChI=1S/C26H33F3O/c1-3-21(4-2)22-13-15-24(16-14-22)23-11-7-19(8-12-23)5-6-20-9-17-25(18-10-20)30-26(27,28)29/h3,7-8,11-12,20-22,24-25H,1,4,9-10,13-18H2,2H3. The van der Waals surface area contributed by atoms with E-state index in [0.717, 1.165) is 11.5 Å². The summed E-state index contributed by atoms with van der Waals surface area (Å²) in [5.41, 5.74) is 2.38. The lowest BCUT2D eigenvalue weighted by Gasteiger charge is -2.32. The van der Waals surface area contributed by atoms with Gasteiger partial charge >= 0.3 is 6.36 Å². The minimum absolute atomic E-state index is 0.157. The molecule has 0 heterocycles.